The van der Waals surface area contributed by atoms with E-state index in [1.807, 2.05) is 38.1 Å². The average Bonchev–Trinajstić information content (AvgIpc) is 2.35. The molecular weight excluding hydrogens is 340 g/mol. The van der Waals surface area contributed by atoms with Crippen LogP contribution in [0.4, 0.5) is 0 Å². The first-order valence-electron chi connectivity index (χ1n) is 7.44. The summed E-state index contributed by atoms with van der Waals surface area (Å²) >= 11 is 3.50. The lowest BCUT2D eigenvalue weighted by atomic mass is 9.82. The van der Waals surface area contributed by atoms with Crippen molar-refractivity contribution in [3.63, 3.8) is 0 Å². The Balaban J connectivity index is 2.23. The molecular formula is C18H23BrN2O. The van der Waals surface area contributed by atoms with Gasteiger partial charge in [-0.1, -0.05) is 48.8 Å². The van der Waals surface area contributed by atoms with Gasteiger partial charge in [0.2, 0.25) is 0 Å². The van der Waals surface area contributed by atoms with Gasteiger partial charge in [0.1, 0.15) is 5.69 Å². The summed E-state index contributed by atoms with van der Waals surface area (Å²) < 4.78 is 0.984. The zero-order valence-corrected chi connectivity index (χ0v) is 15.4. The van der Waals surface area contributed by atoms with Gasteiger partial charge in [0, 0.05) is 21.6 Å². The summed E-state index contributed by atoms with van der Waals surface area (Å²) in [7, 11) is 0. The Morgan fingerprint density at radius 2 is 1.91 bits per heavy atom. The van der Waals surface area contributed by atoms with E-state index in [0.29, 0.717) is 5.69 Å². The molecule has 0 saturated heterocycles. The first-order valence-corrected chi connectivity index (χ1v) is 8.24. The van der Waals surface area contributed by atoms with Crippen LogP contribution < -0.4 is 5.32 Å². The van der Waals surface area contributed by atoms with Gasteiger partial charge >= 0.3 is 0 Å². The predicted molar refractivity (Wildman–Crippen MR) is 95.1 cm³/mol. The van der Waals surface area contributed by atoms with Crippen molar-refractivity contribution in [2.45, 2.75) is 46.6 Å². The van der Waals surface area contributed by atoms with Gasteiger partial charge in [-0.3, -0.25) is 9.78 Å². The largest absolute Gasteiger partial charge is 0.346 e. The Kier molecular flexibility index (Phi) is 4.62. The molecule has 0 atom stereocenters. The Morgan fingerprint density at radius 1 is 1.23 bits per heavy atom. The minimum Gasteiger partial charge on any atom is -0.346 e. The fraction of sp³-hybridized carbons (Fsp3) is 0.444. The molecule has 0 aliphatic rings. The Labute approximate surface area is 140 Å². The maximum Gasteiger partial charge on any atom is 0.270 e. The van der Waals surface area contributed by atoms with Crippen LogP contribution >= 0.6 is 15.9 Å². The van der Waals surface area contributed by atoms with E-state index < -0.39 is 0 Å². The van der Waals surface area contributed by atoms with Gasteiger partial charge < -0.3 is 5.32 Å². The van der Waals surface area contributed by atoms with Crippen molar-refractivity contribution in [2.24, 2.45) is 5.41 Å². The number of nitrogens with one attached hydrogen (secondary N) is 1. The van der Waals surface area contributed by atoms with E-state index in [9.17, 15) is 4.79 Å². The number of carbonyl (C=O) groups is 1. The molecule has 1 amide bonds. The third-order valence-corrected chi connectivity index (χ3v) is 4.06. The van der Waals surface area contributed by atoms with Crippen LogP contribution in [0.15, 0.2) is 34.9 Å². The van der Waals surface area contributed by atoms with Gasteiger partial charge in [0.15, 0.2) is 0 Å². The molecule has 0 spiro atoms. The zero-order chi connectivity index (χ0) is 16.5. The molecule has 0 aliphatic heterocycles. The first-order chi connectivity index (χ1) is 10.1. The van der Waals surface area contributed by atoms with Crippen LogP contribution in [-0.2, 0) is 0 Å². The normalized spacial score (nSPS) is 12.5. The second-order valence-electron chi connectivity index (χ2n) is 7.61. The number of benzene rings is 1. The van der Waals surface area contributed by atoms with Crippen molar-refractivity contribution in [1.29, 1.82) is 0 Å². The molecule has 0 saturated carbocycles. The number of fused-ring (bicyclic) bond motifs is 1. The van der Waals surface area contributed by atoms with Gasteiger partial charge in [-0.2, -0.15) is 0 Å². The molecule has 1 heterocycles. The Morgan fingerprint density at radius 3 is 2.55 bits per heavy atom. The molecule has 0 fully saturated rings. The van der Waals surface area contributed by atoms with Gasteiger partial charge in [-0.05, 0) is 43.2 Å². The van der Waals surface area contributed by atoms with E-state index in [1.54, 1.807) is 6.20 Å². The lowest BCUT2D eigenvalue weighted by Gasteiger charge is -2.33. The lowest BCUT2D eigenvalue weighted by Crippen LogP contribution is -2.46. The van der Waals surface area contributed by atoms with E-state index >= 15 is 0 Å². The average molecular weight is 363 g/mol. The van der Waals surface area contributed by atoms with Crippen molar-refractivity contribution in [3.8, 4) is 0 Å². The molecule has 2 rings (SSSR count). The van der Waals surface area contributed by atoms with Gasteiger partial charge in [0.25, 0.3) is 5.91 Å². The summed E-state index contributed by atoms with van der Waals surface area (Å²) in [6.07, 6.45) is 2.63. The number of halogens is 1. The number of rotatable bonds is 3. The smallest absolute Gasteiger partial charge is 0.270 e. The lowest BCUT2D eigenvalue weighted by molar-refractivity contribution is 0.0886. The highest BCUT2D eigenvalue weighted by atomic mass is 79.9. The van der Waals surface area contributed by atoms with E-state index in [1.165, 1.54) is 0 Å². The van der Waals surface area contributed by atoms with Crippen molar-refractivity contribution in [1.82, 2.24) is 10.3 Å². The fourth-order valence-corrected chi connectivity index (χ4v) is 3.48. The van der Waals surface area contributed by atoms with Crippen molar-refractivity contribution in [2.75, 3.05) is 0 Å². The molecule has 1 aromatic heterocycles. The molecule has 0 bridgehead atoms. The number of carbonyl (C=O) groups excluding carboxylic acids is 1. The predicted octanol–water partition coefficient (Wildman–Crippen LogP) is 4.94. The standard InChI is InChI=1S/C18H23BrN2O/c1-17(2,3)11-18(4,5)21-16(22)15-9-12-7-6-8-14(19)13(12)10-20-15/h6-10H,11H2,1-5H3,(H,21,22). The molecule has 0 aliphatic carbocycles. The molecule has 1 N–H and O–H groups in total. The number of aromatic nitrogens is 1. The molecule has 3 nitrogen and oxygen atoms in total. The van der Waals surface area contributed by atoms with Crippen LogP contribution in [0.2, 0.25) is 0 Å². The fourth-order valence-electron chi connectivity index (χ4n) is 3.00. The number of pyridine rings is 1. The SMILES string of the molecule is CC(C)(C)CC(C)(C)NC(=O)c1cc2cccc(Br)c2cn1. The van der Waals surface area contributed by atoms with Crippen LogP contribution in [0, 0.1) is 5.41 Å². The van der Waals surface area contributed by atoms with E-state index in [4.69, 9.17) is 0 Å². The monoisotopic (exact) mass is 362 g/mol. The molecule has 22 heavy (non-hydrogen) atoms. The van der Waals surface area contributed by atoms with Gasteiger partial charge in [0.05, 0.1) is 0 Å². The van der Waals surface area contributed by atoms with Gasteiger partial charge in [-0.15, -0.1) is 0 Å². The van der Waals surface area contributed by atoms with E-state index in [0.717, 1.165) is 21.7 Å². The van der Waals surface area contributed by atoms with Crippen LogP contribution in [0.3, 0.4) is 0 Å². The molecule has 1 aromatic carbocycles. The highest BCUT2D eigenvalue weighted by molar-refractivity contribution is 9.10. The van der Waals surface area contributed by atoms with Crippen LogP contribution in [0.25, 0.3) is 10.8 Å². The Hall–Kier alpha value is -1.42. The summed E-state index contributed by atoms with van der Waals surface area (Å²) in [5.41, 5.74) is 0.328. The first kappa shape index (κ1) is 16.9. The van der Waals surface area contributed by atoms with Gasteiger partial charge in [-0.25, -0.2) is 0 Å². The highest BCUT2D eigenvalue weighted by Gasteiger charge is 2.27. The summed E-state index contributed by atoms with van der Waals surface area (Å²) in [4.78, 5) is 16.8. The van der Waals surface area contributed by atoms with Crippen LogP contribution in [0.1, 0.15) is 51.5 Å². The summed E-state index contributed by atoms with van der Waals surface area (Å²) in [5.74, 6) is -0.129. The molecule has 4 heteroatoms. The molecule has 118 valence electrons. The summed E-state index contributed by atoms with van der Waals surface area (Å²) in [5, 5.41) is 5.11. The van der Waals surface area contributed by atoms with Crippen LogP contribution in [-0.4, -0.2) is 16.4 Å². The number of nitrogens with zero attached hydrogens (tertiary/aromatic N) is 1. The topological polar surface area (TPSA) is 42.0 Å². The number of amides is 1. The quantitative estimate of drug-likeness (QED) is 0.839. The maximum absolute atomic E-state index is 12.5. The number of hydrogen-bond acceptors (Lipinski definition) is 2. The van der Waals surface area contributed by atoms with Crippen molar-refractivity contribution >= 4 is 32.6 Å². The van der Waals surface area contributed by atoms with Crippen molar-refractivity contribution < 1.29 is 4.79 Å². The minimum atomic E-state index is -0.275. The molecule has 0 unspecified atom stereocenters. The van der Waals surface area contributed by atoms with Crippen LogP contribution in [0.5, 0.6) is 0 Å². The third kappa shape index (κ3) is 4.29. The molecule has 2 aromatic rings. The summed E-state index contributed by atoms with van der Waals surface area (Å²) in [6.45, 7) is 10.6. The molecule has 0 radical (unpaired) electrons. The Bertz CT molecular complexity index is 702. The third-order valence-electron chi connectivity index (χ3n) is 3.37. The second kappa shape index (κ2) is 5.99. The highest BCUT2D eigenvalue weighted by Crippen LogP contribution is 2.27. The second-order valence-corrected chi connectivity index (χ2v) is 8.46. The van der Waals surface area contributed by atoms with E-state index in [2.05, 4.69) is 47.0 Å². The summed E-state index contributed by atoms with van der Waals surface area (Å²) in [6, 6.07) is 7.75. The van der Waals surface area contributed by atoms with Crippen molar-refractivity contribution in [3.05, 3.63) is 40.6 Å². The zero-order valence-electron chi connectivity index (χ0n) is 13.8. The number of hydrogen-bond donors (Lipinski definition) is 1. The maximum atomic E-state index is 12.5. The van der Waals surface area contributed by atoms with E-state index in [-0.39, 0.29) is 16.9 Å². The minimum absolute atomic E-state index is 0.129.